The van der Waals surface area contributed by atoms with Crippen LogP contribution in [0.25, 0.3) is 10.9 Å². The average molecular weight is 215 g/mol. The molecule has 16 heavy (non-hydrogen) atoms. The topological polar surface area (TPSA) is 25.2 Å². The lowest BCUT2D eigenvalue weighted by Crippen LogP contribution is -1.93. The zero-order valence-electron chi connectivity index (χ0n) is 9.77. The third-order valence-corrected chi connectivity index (χ3v) is 2.77. The molecular weight excluding hydrogens is 198 g/mol. The van der Waals surface area contributed by atoms with Crippen LogP contribution in [0.15, 0.2) is 42.1 Å². The number of aromatic nitrogens is 1. The maximum atomic E-state index is 9.24. The molecule has 1 N–H and O–H groups in total. The monoisotopic (exact) mass is 215 g/mol. The van der Waals surface area contributed by atoms with Gasteiger partial charge in [-0.3, -0.25) is 0 Å². The maximum Gasteiger partial charge on any atom is 0.0688 e. The standard InChI is InChI=1S/C14H17NO/c1-11(2)6-8-15-9-7-13-12(10-16)4-3-5-14(13)15/h3-7,9,16H,8,10H2,1-2H3. The number of hydrogen-bond donors (Lipinski definition) is 1. The highest BCUT2D eigenvalue weighted by molar-refractivity contribution is 5.83. The van der Waals surface area contributed by atoms with Crippen molar-refractivity contribution in [3.63, 3.8) is 0 Å². The molecule has 0 aliphatic rings. The fourth-order valence-corrected chi connectivity index (χ4v) is 1.87. The Hall–Kier alpha value is -1.54. The third kappa shape index (κ3) is 2.02. The molecule has 2 aromatic rings. The lowest BCUT2D eigenvalue weighted by Gasteiger charge is -2.03. The van der Waals surface area contributed by atoms with Crippen molar-refractivity contribution in [1.29, 1.82) is 0 Å². The van der Waals surface area contributed by atoms with Crippen molar-refractivity contribution in [2.75, 3.05) is 0 Å². The molecule has 0 amide bonds. The second kappa shape index (κ2) is 4.54. The van der Waals surface area contributed by atoms with Crippen LogP contribution in [0.3, 0.4) is 0 Å². The number of aliphatic hydroxyl groups excluding tert-OH is 1. The van der Waals surface area contributed by atoms with E-state index in [-0.39, 0.29) is 6.61 Å². The van der Waals surface area contributed by atoms with Gasteiger partial charge in [-0.05, 0) is 31.5 Å². The van der Waals surface area contributed by atoms with E-state index in [1.54, 1.807) is 0 Å². The summed E-state index contributed by atoms with van der Waals surface area (Å²) in [7, 11) is 0. The molecule has 0 saturated heterocycles. The van der Waals surface area contributed by atoms with Gasteiger partial charge in [0.1, 0.15) is 0 Å². The average Bonchev–Trinajstić information content (AvgIpc) is 2.69. The first-order valence-corrected chi connectivity index (χ1v) is 5.53. The van der Waals surface area contributed by atoms with Gasteiger partial charge >= 0.3 is 0 Å². The number of fused-ring (bicyclic) bond motifs is 1. The van der Waals surface area contributed by atoms with Gasteiger partial charge in [0.05, 0.1) is 6.61 Å². The van der Waals surface area contributed by atoms with Crippen LogP contribution in [0, 0.1) is 0 Å². The lowest BCUT2D eigenvalue weighted by molar-refractivity contribution is 0.283. The zero-order chi connectivity index (χ0) is 11.5. The van der Waals surface area contributed by atoms with Gasteiger partial charge in [-0.25, -0.2) is 0 Å². The van der Waals surface area contributed by atoms with Gasteiger partial charge in [-0.2, -0.15) is 0 Å². The third-order valence-electron chi connectivity index (χ3n) is 2.77. The van der Waals surface area contributed by atoms with Gasteiger partial charge in [-0.1, -0.05) is 23.8 Å². The molecule has 0 spiro atoms. The highest BCUT2D eigenvalue weighted by atomic mass is 16.3. The summed E-state index contributed by atoms with van der Waals surface area (Å²) in [5.41, 5.74) is 3.50. The molecule has 2 heteroatoms. The van der Waals surface area contributed by atoms with E-state index in [0.29, 0.717) is 0 Å². The Kier molecular flexibility index (Phi) is 3.11. The molecule has 0 aliphatic carbocycles. The van der Waals surface area contributed by atoms with Gasteiger partial charge in [0.2, 0.25) is 0 Å². The molecule has 0 unspecified atom stereocenters. The van der Waals surface area contributed by atoms with E-state index < -0.39 is 0 Å². The van der Waals surface area contributed by atoms with Crippen molar-refractivity contribution in [1.82, 2.24) is 4.57 Å². The van der Waals surface area contributed by atoms with Crippen LogP contribution in [0.2, 0.25) is 0 Å². The molecule has 1 aromatic heterocycles. The van der Waals surface area contributed by atoms with Gasteiger partial charge in [0, 0.05) is 23.6 Å². The summed E-state index contributed by atoms with van der Waals surface area (Å²) < 4.78 is 2.20. The first-order valence-electron chi connectivity index (χ1n) is 5.53. The number of rotatable bonds is 3. The van der Waals surface area contributed by atoms with E-state index in [0.717, 1.165) is 17.5 Å². The summed E-state index contributed by atoms with van der Waals surface area (Å²) in [5, 5.41) is 10.4. The lowest BCUT2D eigenvalue weighted by atomic mass is 10.1. The Labute approximate surface area is 95.8 Å². The number of aliphatic hydroxyl groups is 1. The summed E-state index contributed by atoms with van der Waals surface area (Å²) in [6, 6.07) is 8.12. The summed E-state index contributed by atoms with van der Waals surface area (Å²) in [5.74, 6) is 0. The van der Waals surface area contributed by atoms with Crippen molar-refractivity contribution in [2.45, 2.75) is 27.0 Å². The molecule has 0 aliphatic heterocycles. The predicted molar refractivity (Wildman–Crippen MR) is 67.3 cm³/mol. The van der Waals surface area contributed by atoms with Crippen LogP contribution in [-0.4, -0.2) is 9.67 Å². The molecule has 84 valence electrons. The minimum atomic E-state index is 0.101. The van der Waals surface area contributed by atoms with Crippen molar-refractivity contribution < 1.29 is 5.11 Å². The molecule has 0 saturated carbocycles. The molecule has 0 atom stereocenters. The quantitative estimate of drug-likeness (QED) is 0.782. The van der Waals surface area contributed by atoms with Gasteiger partial charge < -0.3 is 9.67 Å². The maximum absolute atomic E-state index is 9.24. The molecule has 0 radical (unpaired) electrons. The van der Waals surface area contributed by atoms with E-state index in [4.69, 9.17) is 0 Å². The number of benzene rings is 1. The molecule has 0 bridgehead atoms. The second-order valence-electron chi connectivity index (χ2n) is 4.26. The van der Waals surface area contributed by atoms with Gasteiger partial charge in [-0.15, -0.1) is 0 Å². The SMILES string of the molecule is CC(C)=CCn1ccc2c(CO)cccc21. The molecule has 2 rings (SSSR count). The molecule has 2 nitrogen and oxygen atoms in total. The minimum Gasteiger partial charge on any atom is -0.392 e. The number of hydrogen-bond acceptors (Lipinski definition) is 1. The van der Waals surface area contributed by atoms with Crippen LogP contribution in [0.4, 0.5) is 0 Å². The molecule has 1 aromatic carbocycles. The Morgan fingerprint density at radius 1 is 1.31 bits per heavy atom. The molecule has 0 fully saturated rings. The smallest absolute Gasteiger partial charge is 0.0688 e. The largest absolute Gasteiger partial charge is 0.392 e. The van der Waals surface area contributed by atoms with Crippen LogP contribution < -0.4 is 0 Å². The van der Waals surface area contributed by atoms with Crippen LogP contribution in [0.5, 0.6) is 0 Å². The first kappa shape index (κ1) is 11.0. The van der Waals surface area contributed by atoms with Crippen LogP contribution in [-0.2, 0) is 13.2 Å². The second-order valence-corrected chi connectivity index (χ2v) is 4.26. The Bertz CT molecular complexity index is 519. The summed E-state index contributed by atoms with van der Waals surface area (Å²) >= 11 is 0. The van der Waals surface area contributed by atoms with Gasteiger partial charge in [0.15, 0.2) is 0 Å². The number of allylic oxidation sites excluding steroid dienone is 2. The zero-order valence-corrected chi connectivity index (χ0v) is 9.77. The Balaban J connectivity index is 2.45. The normalized spacial score (nSPS) is 10.7. The van der Waals surface area contributed by atoms with Gasteiger partial charge in [0.25, 0.3) is 0 Å². The summed E-state index contributed by atoms with van der Waals surface area (Å²) in [6.45, 7) is 5.19. The van der Waals surface area contributed by atoms with Crippen molar-refractivity contribution >= 4 is 10.9 Å². The number of nitrogens with zero attached hydrogens (tertiary/aromatic N) is 1. The van der Waals surface area contributed by atoms with E-state index >= 15 is 0 Å². The fraction of sp³-hybridized carbons (Fsp3) is 0.286. The van der Waals surface area contributed by atoms with E-state index in [1.807, 2.05) is 12.1 Å². The van der Waals surface area contributed by atoms with E-state index in [2.05, 4.69) is 42.8 Å². The Morgan fingerprint density at radius 3 is 2.81 bits per heavy atom. The van der Waals surface area contributed by atoms with Crippen LogP contribution in [0.1, 0.15) is 19.4 Å². The van der Waals surface area contributed by atoms with Crippen LogP contribution >= 0.6 is 0 Å². The summed E-state index contributed by atoms with van der Waals surface area (Å²) in [4.78, 5) is 0. The molecular formula is C14H17NO. The first-order chi connectivity index (χ1) is 7.72. The van der Waals surface area contributed by atoms with E-state index in [9.17, 15) is 5.11 Å². The molecule has 1 heterocycles. The highest BCUT2D eigenvalue weighted by Crippen LogP contribution is 2.20. The summed E-state index contributed by atoms with van der Waals surface area (Å²) in [6.07, 6.45) is 4.27. The van der Waals surface area contributed by atoms with E-state index in [1.165, 1.54) is 11.1 Å². The highest BCUT2D eigenvalue weighted by Gasteiger charge is 2.03. The van der Waals surface area contributed by atoms with Crippen molar-refractivity contribution in [2.24, 2.45) is 0 Å². The van der Waals surface area contributed by atoms with Crippen molar-refractivity contribution in [3.8, 4) is 0 Å². The van der Waals surface area contributed by atoms with Crippen molar-refractivity contribution in [3.05, 3.63) is 47.7 Å². The minimum absolute atomic E-state index is 0.101. The Morgan fingerprint density at radius 2 is 2.12 bits per heavy atom. The predicted octanol–water partition coefficient (Wildman–Crippen LogP) is 3.10. The fourth-order valence-electron chi connectivity index (χ4n) is 1.87.